The van der Waals surface area contributed by atoms with Gasteiger partial charge in [-0.15, -0.1) is 0 Å². The zero-order valence-electron chi connectivity index (χ0n) is 10.3. The molecule has 7 heteroatoms. The molecule has 1 amide bonds. The molecule has 2 aromatic rings. The van der Waals surface area contributed by atoms with Gasteiger partial charge in [0.25, 0.3) is 5.69 Å². The molecule has 1 heterocycles. The molecule has 2 N–H and O–H groups in total. The summed E-state index contributed by atoms with van der Waals surface area (Å²) in [5.41, 5.74) is 0.179. The number of nitro benzene ring substituents is 1. The zero-order chi connectivity index (χ0) is 14.5. The number of carbonyl (C=O) groups excluding carboxylic acids is 1. The molecule has 0 atom stereocenters. The normalized spacial score (nSPS) is 10.0. The summed E-state index contributed by atoms with van der Waals surface area (Å²) in [6, 6.07) is 8.90. The van der Waals surface area contributed by atoms with Crippen LogP contribution in [0.2, 0.25) is 0 Å². The molecule has 2 rings (SSSR count). The van der Waals surface area contributed by atoms with Gasteiger partial charge in [-0.25, -0.2) is 4.98 Å². The standard InChI is InChI=1S/C13H11N3O4/c17-11-6-3-7-14-13(11)15-12(18)8-9-4-1-2-5-10(9)16(19)20/h1-7,17H,8H2,(H,14,15,18). The SMILES string of the molecule is O=C(Cc1ccccc1[N+](=O)[O-])Nc1ncccc1O. The number of hydrogen-bond donors (Lipinski definition) is 2. The first kappa shape index (κ1) is 13.5. The minimum Gasteiger partial charge on any atom is -0.504 e. The van der Waals surface area contributed by atoms with Crippen LogP contribution in [-0.4, -0.2) is 20.9 Å². The Morgan fingerprint density at radius 1 is 1.30 bits per heavy atom. The molecular weight excluding hydrogens is 262 g/mol. The first-order chi connectivity index (χ1) is 9.58. The predicted octanol–water partition coefficient (Wildman–Crippen LogP) is 1.88. The lowest BCUT2D eigenvalue weighted by atomic mass is 10.1. The van der Waals surface area contributed by atoms with Crippen molar-refractivity contribution in [3.63, 3.8) is 0 Å². The number of anilines is 1. The average molecular weight is 273 g/mol. The van der Waals surface area contributed by atoms with E-state index in [1.165, 1.54) is 36.5 Å². The molecule has 1 aromatic heterocycles. The maximum absolute atomic E-state index is 11.8. The number of rotatable bonds is 4. The first-order valence-electron chi connectivity index (χ1n) is 5.74. The minimum absolute atomic E-state index is 0.0242. The van der Waals surface area contributed by atoms with E-state index < -0.39 is 10.8 Å². The number of pyridine rings is 1. The van der Waals surface area contributed by atoms with E-state index in [1.807, 2.05) is 0 Å². The third kappa shape index (κ3) is 3.08. The lowest BCUT2D eigenvalue weighted by Crippen LogP contribution is -2.16. The van der Waals surface area contributed by atoms with Crippen LogP contribution in [0.3, 0.4) is 0 Å². The molecule has 7 nitrogen and oxygen atoms in total. The van der Waals surface area contributed by atoms with Crippen LogP contribution in [-0.2, 0) is 11.2 Å². The van der Waals surface area contributed by atoms with E-state index in [9.17, 15) is 20.0 Å². The molecule has 0 aliphatic carbocycles. The second-order valence-electron chi connectivity index (χ2n) is 3.98. The van der Waals surface area contributed by atoms with Gasteiger partial charge in [0.15, 0.2) is 11.6 Å². The van der Waals surface area contributed by atoms with Crippen molar-refractivity contribution in [1.29, 1.82) is 0 Å². The van der Waals surface area contributed by atoms with E-state index in [-0.39, 0.29) is 23.7 Å². The van der Waals surface area contributed by atoms with Crippen molar-refractivity contribution in [1.82, 2.24) is 4.98 Å². The summed E-state index contributed by atoms with van der Waals surface area (Å²) < 4.78 is 0. The second-order valence-corrected chi connectivity index (χ2v) is 3.98. The molecule has 0 saturated heterocycles. The fourth-order valence-corrected chi connectivity index (χ4v) is 1.68. The summed E-state index contributed by atoms with van der Waals surface area (Å²) in [7, 11) is 0. The Balaban J connectivity index is 2.13. The second kappa shape index (κ2) is 5.79. The Kier molecular flexibility index (Phi) is 3.90. The van der Waals surface area contributed by atoms with Gasteiger partial charge in [-0.05, 0) is 12.1 Å². The topological polar surface area (TPSA) is 105 Å². The summed E-state index contributed by atoms with van der Waals surface area (Å²) in [5.74, 6) is -0.632. The Bertz CT molecular complexity index is 658. The summed E-state index contributed by atoms with van der Waals surface area (Å²) >= 11 is 0. The monoisotopic (exact) mass is 273 g/mol. The fourth-order valence-electron chi connectivity index (χ4n) is 1.68. The molecule has 1 aromatic carbocycles. The van der Waals surface area contributed by atoms with Crippen LogP contribution in [0.5, 0.6) is 5.75 Å². The van der Waals surface area contributed by atoms with E-state index in [0.29, 0.717) is 5.56 Å². The van der Waals surface area contributed by atoms with Gasteiger partial charge in [0.05, 0.1) is 11.3 Å². The maximum Gasteiger partial charge on any atom is 0.273 e. The summed E-state index contributed by atoms with van der Waals surface area (Å²) in [6.45, 7) is 0. The number of nitrogens with one attached hydrogen (secondary N) is 1. The van der Waals surface area contributed by atoms with Gasteiger partial charge in [0, 0.05) is 17.8 Å². The van der Waals surface area contributed by atoms with Crippen LogP contribution in [0.4, 0.5) is 11.5 Å². The first-order valence-corrected chi connectivity index (χ1v) is 5.74. The van der Waals surface area contributed by atoms with E-state index in [1.54, 1.807) is 6.07 Å². The zero-order valence-corrected chi connectivity index (χ0v) is 10.3. The number of nitro groups is 1. The maximum atomic E-state index is 11.8. The van der Waals surface area contributed by atoms with E-state index in [4.69, 9.17) is 0 Å². The molecular formula is C13H11N3O4. The largest absolute Gasteiger partial charge is 0.504 e. The smallest absolute Gasteiger partial charge is 0.273 e. The van der Waals surface area contributed by atoms with E-state index >= 15 is 0 Å². The fraction of sp³-hybridized carbons (Fsp3) is 0.0769. The molecule has 20 heavy (non-hydrogen) atoms. The van der Waals surface area contributed by atoms with Crippen LogP contribution in [0.15, 0.2) is 42.6 Å². The van der Waals surface area contributed by atoms with Crippen molar-refractivity contribution in [3.8, 4) is 5.75 Å². The highest BCUT2D eigenvalue weighted by Gasteiger charge is 2.16. The van der Waals surface area contributed by atoms with Gasteiger partial charge in [0.1, 0.15) is 0 Å². The minimum atomic E-state index is -0.541. The molecule has 0 bridgehead atoms. The number of aromatic nitrogens is 1. The van der Waals surface area contributed by atoms with Crippen LogP contribution in [0.1, 0.15) is 5.56 Å². The molecule has 102 valence electrons. The van der Waals surface area contributed by atoms with Crippen molar-refractivity contribution < 1.29 is 14.8 Å². The van der Waals surface area contributed by atoms with Crippen molar-refractivity contribution in [2.45, 2.75) is 6.42 Å². The van der Waals surface area contributed by atoms with Gasteiger partial charge < -0.3 is 10.4 Å². The molecule has 0 spiro atoms. The molecule has 0 saturated carbocycles. The highest BCUT2D eigenvalue weighted by molar-refractivity contribution is 5.93. The molecule has 0 aliphatic heterocycles. The van der Waals surface area contributed by atoms with Gasteiger partial charge in [-0.3, -0.25) is 14.9 Å². The number of aromatic hydroxyl groups is 1. The van der Waals surface area contributed by atoms with Crippen LogP contribution in [0.25, 0.3) is 0 Å². The number of benzene rings is 1. The number of amides is 1. The lowest BCUT2D eigenvalue weighted by Gasteiger charge is -2.06. The quantitative estimate of drug-likeness (QED) is 0.653. The van der Waals surface area contributed by atoms with Gasteiger partial charge in [0.2, 0.25) is 5.91 Å². The van der Waals surface area contributed by atoms with Crippen molar-refractivity contribution in [3.05, 3.63) is 58.3 Å². The van der Waals surface area contributed by atoms with E-state index in [0.717, 1.165) is 0 Å². The van der Waals surface area contributed by atoms with Crippen molar-refractivity contribution >= 4 is 17.4 Å². The summed E-state index contributed by atoms with van der Waals surface area (Å²) in [5, 5.41) is 22.7. The molecule has 0 aliphatic rings. The number of para-hydroxylation sites is 1. The Labute approximate surface area is 114 Å². The van der Waals surface area contributed by atoms with Gasteiger partial charge in [-0.1, -0.05) is 18.2 Å². The van der Waals surface area contributed by atoms with Gasteiger partial charge >= 0.3 is 0 Å². The highest BCUT2D eigenvalue weighted by Crippen LogP contribution is 2.21. The third-order valence-corrected chi connectivity index (χ3v) is 2.58. The molecule has 0 fully saturated rings. The molecule has 0 radical (unpaired) electrons. The summed E-state index contributed by atoms with van der Waals surface area (Å²) in [6.07, 6.45) is 1.24. The third-order valence-electron chi connectivity index (χ3n) is 2.58. The predicted molar refractivity (Wildman–Crippen MR) is 71.3 cm³/mol. The lowest BCUT2D eigenvalue weighted by molar-refractivity contribution is -0.385. The number of carbonyl (C=O) groups is 1. The van der Waals surface area contributed by atoms with E-state index in [2.05, 4.69) is 10.3 Å². The number of nitrogens with zero attached hydrogens (tertiary/aromatic N) is 2. The van der Waals surface area contributed by atoms with Crippen molar-refractivity contribution in [2.24, 2.45) is 0 Å². The molecule has 0 unspecified atom stereocenters. The van der Waals surface area contributed by atoms with Gasteiger partial charge in [-0.2, -0.15) is 0 Å². The number of hydrogen-bond acceptors (Lipinski definition) is 5. The highest BCUT2D eigenvalue weighted by atomic mass is 16.6. The Hall–Kier alpha value is -2.96. The van der Waals surface area contributed by atoms with Crippen LogP contribution in [0, 0.1) is 10.1 Å². The Morgan fingerprint density at radius 2 is 2.05 bits per heavy atom. The van der Waals surface area contributed by atoms with Crippen LogP contribution >= 0.6 is 0 Å². The summed E-state index contributed by atoms with van der Waals surface area (Å²) in [4.78, 5) is 25.9. The van der Waals surface area contributed by atoms with Crippen LogP contribution < -0.4 is 5.32 Å². The Morgan fingerprint density at radius 3 is 2.75 bits per heavy atom. The van der Waals surface area contributed by atoms with Crippen molar-refractivity contribution in [2.75, 3.05) is 5.32 Å². The average Bonchev–Trinajstić information content (AvgIpc) is 2.41.